The van der Waals surface area contributed by atoms with Crippen molar-refractivity contribution in [3.8, 4) is 0 Å². The van der Waals surface area contributed by atoms with Crippen molar-refractivity contribution in [3.05, 3.63) is 0 Å². The Morgan fingerprint density at radius 2 is 1.90 bits per heavy atom. The predicted octanol–water partition coefficient (Wildman–Crippen LogP) is 0.679. The second-order valence-corrected chi connectivity index (χ2v) is 5.09. The van der Waals surface area contributed by atoms with Crippen LogP contribution >= 0.6 is 0 Å². The summed E-state index contributed by atoms with van der Waals surface area (Å²) in [6.45, 7) is 2.37. The van der Waals surface area contributed by atoms with Gasteiger partial charge in [0.15, 0.2) is 0 Å². The fourth-order valence-electron chi connectivity index (χ4n) is 2.59. The molecule has 0 aromatic carbocycles. The fraction of sp³-hybridized carbons (Fsp3) is 0.769. The SMILES string of the molecule is CCN(C(=O)NC(CC(N)=O)C(=O)O)C1CCCCC1. The molecule has 1 rings (SSSR count). The highest BCUT2D eigenvalue weighted by Gasteiger charge is 2.28. The molecule has 0 aliphatic heterocycles. The molecule has 0 bridgehead atoms. The van der Waals surface area contributed by atoms with Crippen molar-refractivity contribution in [1.29, 1.82) is 0 Å². The van der Waals surface area contributed by atoms with Gasteiger partial charge in [0, 0.05) is 12.6 Å². The van der Waals surface area contributed by atoms with Crippen LogP contribution in [0.2, 0.25) is 0 Å². The number of hydrogen-bond donors (Lipinski definition) is 3. The van der Waals surface area contributed by atoms with E-state index in [0.717, 1.165) is 25.7 Å². The minimum atomic E-state index is -1.27. The molecule has 20 heavy (non-hydrogen) atoms. The summed E-state index contributed by atoms with van der Waals surface area (Å²) in [6, 6.07) is -1.55. The summed E-state index contributed by atoms with van der Waals surface area (Å²) in [7, 11) is 0. The van der Waals surface area contributed by atoms with Crippen LogP contribution in [0, 0.1) is 0 Å². The molecule has 3 amide bonds. The largest absolute Gasteiger partial charge is 0.480 e. The van der Waals surface area contributed by atoms with Gasteiger partial charge in [0.1, 0.15) is 6.04 Å². The first kappa shape index (κ1) is 16.3. The third-order valence-electron chi connectivity index (χ3n) is 3.62. The van der Waals surface area contributed by atoms with Crippen LogP contribution in [0.4, 0.5) is 4.79 Å². The molecule has 1 aliphatic carbocycles. The standard InChI is InChI=1S/C13H23N3O4/c1-2-16(9-6-4-3-5-7-9)13(20)15-10(12(18)19)8-11(14)17/h9-10H,2-8H2,1H3,(H2,14,17)(H,15,20)(H,18,19). The highest BCUT2D eigenvalue weighted by molar-refractivity contribution is 5.87. The molecule has 1 unspecified atom stereocenters. The molecular formula is C13H23N3O4. The number of hydrogen-bond acceptors (Lipinski definition) is 3. The second kappa shape index (κ2) is 7.72. The van der Waals surface area contributed by atoms with Crippen molar-refractivity contribution in [2.45, 2.75) is 57.5 Å². The van der Waals surface area contributed by atoms with Gasteiger partial charge in [0.05, 0.1) is 6.42 Å². The quantitative estimate of drug-likeness (QED) is 0.666. The molecule has 114 valence electrons. The average Bonchev–Trinajstić information content (AvgIpc) is 2.39. The van der Waals surface area contributed by atoms with Crippen LogP contribution < -0.4 is 11.1 Å². The Morgan fingerprint density at radius 3 is 2.35 bits per heavy atom. The Balaban J connectivity index is 2.64. The maximum absolute atomic E-state index is 12.2. The molecule has 1 fully saturated rings. The van der Waals surface area contributed by atoms with Crippen LogP contribution in [0.1, 0.15) is 45.4 Å². The van der Waals surface area contributed by atoms with Crippen molar-refractivity contribution in [3.63, 3.8) is 0 Å². The van der Waals surface area contributed by atoms with E-state index >= 15 is 0 Å². The third-order valence-corrected chi connectivity index (χ3v) is 3.62. The number of carboxylic acid groups (broad SMARTS) is 1. The Kier molecular flexibility index (Phi) is 6.27. The predicted molar refractivity (Wildman–Crippen MR) is 73.0 cm³/mol. The van der Waals surface area contributed by atoms with Gasteiger partial charge in [0.2, 0.25) is 5.91 Å². The van der Waals surface area contributed by atoms with E-state index in [0.29, 0.717) is 6.54 Å². The highest BCUT2D eigenvalue weighted by Crippen LogP contribution is 2.22. The van der Waals surface area contributed by atoms with E-state index in [9.17, 15) is 14.4 Å². The number of nitrogens with two attached hydrogens (primary N) is 1. The van der Waals surface area contributed by atoms with Gasteiger partial charge in [-0.25, -0.2) is 9.59 Å². The van der Waals surface area contributed by atoms with Crippen molar-refractivity contribution in [2.75, 3.05) is 6.54 Å². The van der Waals surface area contributed by atoms with Crippen LogP contribution in [0.3, 0.4) is 0 Å². The Hall–Kier alpha value is -1.79. The lowest BCUT2D eigenvalue weighted by atomic mass is 9.94. The van der Waals surface area contributed by atoms with Gasteiger partial charge in [-0.05, 0) is 19.8 Å². The summed E-state index contributed by atoms with van der Waals surface area (Å²) in [5.74, 6) is -2.00. The molecule has 0 radical (unpaired) electrons. The highest BCUT2D eigenvalue weighted by atomic mass is 16.4. The molecule has 0 heterocycles. The molecule has 0 spiro atoms. The van der Waals surface area contributed by atoms with Gasteiger partial charge in [-0.1, -0.05) is 19.3 Å². The van der Waals surface area contributed by atoms with Gasteiger partial charge in [-0.2, -0.15) is 0 Å². The summed E-state index contributed by atoms with van der Waals surface area (Å²) >= 11 is 0. The molecule has 1 saturated carbocycles. The zero-order chi connectivity index (χ0) is 15.1. The van der Waals surface area contributed by atoms with E-state index in [-0.39, 0.29) is 6.04 Å². The number of amides is 3. The van der Waals surface area contributed by atoms with E-state index in [2.05, 4.69) is 5.32 Å². The van der Waals surface area contributed by atoms with Crippen molar-refractivity contribution in [2.24, 2.45) is 5.73 Å². The molecule has 1 aliphatic rings. The summed E-state index contributed by atoms with van der Waals surface area (Å²) in [5.41, 5.74) is 4.99. The summed E-state index contributed by atoms with van der Waals surface area (Å²) in [5, 5.41) is 11.4. The molecule has 1 atom stereocenters. The first-order valence-electron chi connectivity index (χ1n) is 7.04. The summed E-state index contributed by atoms with van der Waals surface area (Å²) < 4.78 is 0. The zero-order valence-corrected chi connectivity index (χ0v) is 11.8. The molecule has 0 aromatic rings. The molecule has 4 N–H and O–H groups in total. The Bertz CT molecular complexity index is 367. The molecule has 0 aromatic heterocycles. The van der Waals surface area contributed by atoms with Gasteiger partial charge < -0.3 is 21.1 Å². The minimum absolute atomic E-state index is 0.150. The van der Waals surface area contributed by atoms with Crippen LogP contribution in [0.15, 0.2) is 0 Å². The molecule has 7 nitrogen and oxygen atoms in total. The number of primary amides is 1. The summed E-state index contributed by atoms with van der Waals surface area (Å²) in [6.07, 6.45) is 4.82. The van der Waals surface area contributed by atoms with Crippen molar-refractivity contribution < 1.29 is 19.5 Å². The fourth-order valence-corrected chi connectivity index (χ4v) is 2.59. The molecule has 0 saturated heterocycles. The van der Waals surface area contributed by atoms with E-state index < -0.39 is 30.4 Å². The summed E-state index contributed by atoms with van der Waals surface area (Å²) in [4.78, 5) is 35.7. The van der Waals surface area contributed by atoms with Crippen LogP contribution in [-0.4, -0.2) is 46.5 Å². The normalized spacial score (nSPS) is 17.2. The Morgan fingerprint density at radius 1 is 1.30 bits per heavy atom. The maximum atomic E-state index is 12.2. The van der Waals surface area contributed by atoms with E-state index in [1.807, 2.05) is 6.92 Å². The van der Waals surface area contributed by atoms with Gasteiger partial charge >= 0.3 is 12.0 Å². The van der Waals surface area contributed by atoms with Crippen LogP contribution in [0.25, 0.3) is 0 Å². The van der Waals surface area contributed by atoms with Gasteiger partial charge in [-0.3, -0.25) is 4.79 Å². The molecule has 7 heteroatoms. The number of carbonyl (C=O) groups excluding carboxylic acids is 2. The number of nitrogens with one attached hydrogen (secondary N) is 1. The first-order chi connectivity index (χ1) is 9.45. The van der Waals surface area contributed by atoms with E-state index in [4.69, 9.17) is 10.8 Å². The first-order valence-corrected chi connectivity index (χ1v) is 7.04. The van der Waals surface area contributed by atoms with Crippen molar-refractivity contribution >= 4 is 17.9 Å². The average molecular weight is 285 g/mol. The van der Waals surface area contributed by atoms with Crippen LogP contribution in [-0.2, 0) is 9.59 Å². The number of rotatable bonds is 6. The second-order valence-electron chi connectivity index (χ2n) is 5.09. The lowest BCUT2D eigenvalue weighted by molar-refractivity contribution is -0.141. The maximum Gasteiger partial charge on any atom is 0.326 e. The van der Waals surface area contributed by atoms with Crippen LogP contribution in [0.5, 0.6) is 0 Å². The number of nitrogens with zero attached hydrogens (tertiary/aromatic N) is 1. The van der Waals surface area contributed by atoms with E-state index in [1.54, 1.807) is 4.90 Å². The molecular weight excluding hydrogens is 262 g/mol. The lowest BCUT2D eigenvalue weighted by Gasteiger charge is -2.34. The number of aliphatic carboxylic acids is 1. The topological polar surface area (TPSA) is 113 Å². The van der Waals surface area contributed by atoms with Crippen molar-refractivity contribution in [1.82, 2.24) is 10.2 Å². The van der Waals surface area contributed by atoms with Gasteiger partial charge in [-0.15, -0.1) is 0 Å². The van der Waals surface area contributed by atoms with E-state index in [1.165, 1.54) is 6.42 Å². The lowest BCUT2D eigenvalue weighted by Crippen LogP contribution is -2.52. The third kappa shape index (κ3) is 4.71. The monoisotopic (exact) mass is 285 g/mol. The number of carbonyl (C=O) groups is 3. The minimum Gasteiger partial charge on any atom is -0.480 e. The van der Waals surface area contributed by atoms with Gasteiger partial charge in [0.25, 0.3) is 0 Å². The smallest absolute Gasteiger partial charge is 0.326 e. The Labute approximate surface area is 118 Å². The zero-order valence-electron chi connectivity index (χ0n) is 11.8. The number of carboxylic acids is 1. The number of urea groups is 1.